The number of thioether (sulfide) groups is 1. The Morgan fingerprint density at radius 3 is 2.82 bits per heavy atom. The Kier molecular flexibility index (Phi) is 5.67. The van der Waals surface area contributed by atoms with Gasteiger partial charge in [0.25, 0.3) is 5.69 Å². The van der Waals surface area contributed by atoms with Crippen molar-refractivity contribution in [1.29, 1.82) is 0 Å². The third kappa shape index (κ3) is 4.20. The molecule has 3 aromatic heterocycles. The van der Waals surface area contributed by atoms with E-state index in [0.29, 0.717) is 33.0 Å². The summed E-state index contributed by atoms with van der Waals surface area (Å²) in [5.74, 6) is 0.374. The highest BCUT2D eigenvalue weighted by Crippen LogP contribution is 2.30. The van der Waals surface area contributed by atoms with E-state index < -0.39 is 10.2 Å². The van der Waals surface area contributed by atoms with Crippen LogP contribution in [0.5, 0.6) is 0 Å². The van der Waals surface area contributed by atoms with Crippen LogP contribution < -0.4 is 5.32 Å². The molecule has 0 aliphatic carbocycles. The number of hydrogen-bond donors (Lipinski definition) is 1. The number of carbonyl (C=O) groups excluding carboxylic acids is 1. The maximum absolute atomic E-state index is 12.9. The number of aryl methyl sites for hydroxylation is 1. The summed E-state index contributed by atoms with van der Waals surface area (Å²) in [4.78, 5) is 37.1. The number of amides is 1. The molecule has 0 aliphatic heterocycles. The third-order valence-corrected chi connectivity index (χ3v) is 6.79. The maximum atomic E-state index is 12.9. The summed E-state index contributed by atoms with van der Waals surface area (Å²) in [6.45, 7) is 3.59. The highest BCUT2D eigenvalue weighted by molar-refractivity contribution is 8.00. The van der Waals surface area contributed by atoms with Crippen molar-refractivity contribution >= 4 is 56.4 Å². The largest absolute Gasteiger partial charge is 0.301 e. The van der Waals surface area contributed by atoms with Gasteiger partial charge in [0.05, 0.1) is 21.4 Å². The number of nitrogens with one attached hydrogen (secondary N) is 1. The number of hydrogen-bond acceptors (Lipinski definition) is 9. The first-order valence-electron chi connectivity index (χ1n) is 10.2. The van der Waals surface area contributed by atoms with Gasteiger partial charge in [0.15, 0.2) is 15.9 Å². The molecule has 1 amide bonds. The predicted octanol–water partition coefficient (Wildman–Crippen LogP) is 4.74. The van der Waals surface area contributed by atoms with Crippen LogP contribution >= 0.6 is 23.1 Å². The van der Waals surface area contributed by atoms with Gasteiger partial charge in [-0.2, -0.15) is 4.52 Å². The number of para-hydroxylation sites is 1. The van der Waals surface area contributed by atoms with Gasteiger partial charge in [-0.25, -0.2) is 15.0 Å². The molecule has 1 unspecified atom stereocenters. The number of benzene rings is 2. The third-order valence-electron chi connectivity index (χ3n) is 4.99. The number of nitrogens with zero attached hydrogens (tertiary/aromatic N) is 6. The number of rotatable bonds is 6. The van der Waals surface area contributed by atoms with Gasteiger partial charge in [-0.15, -0.1) is 16.4 Å². The van der Waals surface area contributed by atoms with E-state index in [0.717, 1.165) is 10.9 Å². The quantitative estimate of drug-likeness (QED) is 0.156. The van der Waals surface area contributed by atoms with E-state index >= 15 is 0 Å². The van der Waals surface area contributed by atoms with E-state index in [1.807, 2.05) is 31.2 Å². The SMILES string of the molecule is Cc1nc2c3ccccc3nc(SC(C)C(=O)Nc3nc(-c4cccc([N+](=O)[O-])c4)cs3)n2n1. The molecule has 170 valence electrons. The fourth-order valence-electron chi connectivity index (χ4n) is 3.37. The molecular formula is C22H17N7O3S2. The predicted molar refractivity (Wildman–Crippen MR) is 131 cm³/mol. The molecular weight excluding hydrogens is 474 g/mol. The second-order valence-electron chi connectivity index (χ2n) is 7.40. The zero-order valence-corrected chi connectivity index (χ0v) is 19.6. The average Bonchev–Trinajstić information content (AvgIpc) is 3.46. The lowest BCUT2D eigenvalue weighted by Crippen LogP contribution is -2.23. The minimum atomic E-state index is -0.494. The fourth-order valence-corrected chi connectivity index (χ4v) is 4.95. The number of fused-ring (bicyclic) bond motifs is 3. The van der Waals surface area contributed by atoms with Gasteiger partial charge in [0.1, 0.15) is 5.82 Å². The number of carbonyl (C=O) groups is 1. The van der Waals surface area contributed by atoms with Crippen molar-refractivity contribution in [2.75, 3.05) is 5.32 Å². The molecule has 0 spiro atoms. The standard InChI is InChI=1S/C22H17N7O3S2/c1-12(34-22-25-17-9-4-3-8-16(17)19-23-13(2)27-28(19)22)20(30)26-21-24-18(11-33-21)14-6-5-7-15(10-14)29(31)32/h3-12H,1-2H3,(H,24,26,30). The topological polar surface area (TPSA) is 128 Å². The van der Waals surface area contributed by atoms with E-state index in [-0.39, 0.29) is 11.6 Å². The van der Waals surface area contributed by atoms with Gasteiger partial charge in [-0.3, -0.25) is 14.9 Å². The smallest absolute Gasteiger partial charge is 0.270 e. The van der Waals surface area contributed by atoms with Crippen molar-refractivity contribution in [3.63, 3.8) is 0 Å². The lowest BCUT2D eigenvalue weighted by molar-refractivity contribution is -0.384. The molecule has 0 radical (unpaired) electrons. The minimum Gasteiger partial charge on any atom is -0.301 e. The van der Waals surface area contributed by atoms with Crippen LogP contribution in [0, 0.1) is 17.0 Å². The molecule has 2 aromatic carbocycles. The highest BCUT2D eigenvalue weighted by atomic mass is 32.2. The summed E-state index contributed by atoms with van der Waals surface area (Å²) >= 11 is 2.53. The van der Waals surface area contributed by atoms with Gasteiger partial charge >= 0.3 is 0 Å². The van der Waals surface area contributed by atoms with Crippen LogP contribution in [0.1, 0.15) is 12.7 Å². The number of nitro groups is 1. The summed E-state index contributed by atoms with van der Waals surface area (Å²) in [5, 5.41) is 21.4. The van der Waals surface area contributed by atoms with Crippen LogP contribution in [0.2, 0.25) is 0 Å². The first-order chi connectivity index (χ1) is 16.4. The number of aromatic nitrogens is 5. The van der Waals surface area contributed by atoms with Gasteiger partial charge < -0.3 is 5.32 Å². The van der Waals surface area contributed by atoms with E-state index in [9.17, 15) is 14.9 Å². The van der Waals surface area contributed by atoms with Crippen LogP contribution in [0.4, 0.5) is 10.8 Å². The average molecular weight is 492 g/mol. The van der Waals surface area contributed by atoms with Crippen molar-refractivity contribution in [2.24, 2.45) is 0 Å². The van der Waals surface area contributed by atoms with Crippen molar-refractivity contribution in [2.45, 2.75) is 24.3 Å². The van der Waals surface area contributed by atoms with E-state index in [1.165, 1.54) is 35.2 Å². The minimum absolute atomic E-state index is 0.0151. The lowest BCUT2D eigenvalue weighted by Gasteiger charge is -2.11. The fraction of sp³-hybridized carbons (Fsp3) is 0.136. The van der Waals surface area contributed by atoms with E-state index in [1.54, 1.807) is 29.0 Å². The van der Waals surface area contributed by atoms with Crippen LogP contribution in [0.25, 0.3) is 27.8 Å². The Bertz CT molecular complexity index is 1560. The molecule has 0 fully saturated rings. The summed E-state index contributed by atoms with van der Waals surface area (Å²) in [6, 6.07) is 13.9. The Balaban J connectivity index is 1.35. The zero-order valence-electron chi connectivity index (χ0n) is 18.0. The molecule has 10 nitrogen and oxygen atoms in total. The van der Waals surface area contributed by atoms with Gasteiger partial charge in [0, 0.05) is 28.5 Å². The second kappa shape index (κ2) is 8.80. The van der Waals surface area contributed by atoms with Crippen molar-refractivity contribution in [1.82, 2.24) is 24.6 Å². The molecule has 0 saturated carbocycles. The summed E-state index contributed by atoms with van der Waals surface area (Å²) < 4.78 is 1.66. The highest BCUT2D eigenvalue weighted by Gasteiger charge is 2.21. The Morgan fingerprint density at radius 1 is 1.18 bits per heavy atom. The Hall–Kier alpha value is -3.90. The monoisotopic (exact) mass is 491 g/mol. The normalized spacial score (nSPS) is 12.2. The van der Waals surface area contributed by atoms with Crippen molar-refractivity contribution in [3.8, 4) is 11.3 Å². The maximum Gasteiger partial charge on any atom is 0.270 e. The Morgan fingerprint density at radius 2 is 2.00 bits per heavy atom. The van der Waals surface area contributed by atoms with Crippen molar-refractivity contribution < 1.29 is 9.72 Å². The number of anilines is 1. The molecule has 0 saturated heterocycles. The molecule has 0 bridgehead atoms. The first kappa shape index (κ1) is 21.9. The van der Waals surface area contributed by atoms with Crippen LogP contribution in [0.15, 0.2) is 59.1 Å². The van der Waals surface area contributed by atoms with Gasteiger partial charge in [-0.05, 0) is 26.0 Å². The van der Waals surface area contributed by atoms with Gasteiger partial charge in [0.2, 0.25) is 5.91 Å². The van der Waals surface area contributed by atoms with E-state index in [2.05, 4.69) is 25.4 Å². The second-order valence-corrected chi connectivity index (χ2v) is 9.57. The molecule has 34 heavy (non-hydrogen) atoms. The molecule has 12 heteroatoms. The molecule has 0 aliphatic rings. The molecule has 5 rings (SSSR count). The number of thiazole rings is 1. The summed E-state index contributed by atoms with van der Waals surface area (Å²) in [6.07, 6.45) is 0. The van der Waals surface area contributed by atoms with Crippen LogP contribution in [0.3, 0.4) is 0 Å². The number of nitro benzene ring substituents is 1. The molecule has 1 N–H and O–H groups in total. The lowest BCUT2D eigenvalue weighted by atomic mass is 10.1. The van der Waals surface area contributed by atoms with Gasteiger partial charge in [-0.1, -0.05) is 36.0 Å². The summed E-state index contributed by atoms with van der Waals surface area (Å²) in [5.41, 5.74) is 2.62. The van der Waals surface area contributed by atoms with Crippen LogP contribution in [-0.4, -0.2) is 40.6 Å². The summed E-state index contributed by atoms with van der Waals surface area (Å²) in [7, 11) is 0. The molecule has 5 aromatic rings. The van der Waals surface area contributed by atoms with Crippen LogP contribution in [-0.2, 0) is 4.79 Å². The van der Waals surface area contributed by atoms with Crippen molar-refractivity contribution in [3.05, 3.63) is 69.8 Å². The Labute approximate surface area is 201 Å². The molecule has 1 atom stereocenters. The first-order valence-corrected chi connectivity index (χ1v) is 11.9. The molecule has 3 heterocycles. The number of non-ortho nitro benzene ring substituents is 1. The zero-order chi connectivity index (χ0) is 23.8. The van der Waals surface area contributed by atoms with E-state index in [4.69, 9.17) is 0 Å².